The zero-order valence-electron chi connectivity index (χ0n) is 18.6. The first kappa shape index (κ1) is 26.7. The number of halogens is 3. The molecule has 0 unspecified atom stereocenters. The number of carbonyl (C=O) groups excluding carboxylic acids is 3. The molecule has 0 saturated heterocycles. The van der Waals surface area contributed by atoms with E-state index in [9.17, 15) is 27.6 Å². The lowest BCUT2D eigenvalue weighted by Gasteiger charge is -2.18. The van der Waals surface area contributed by atoms with E-state index in [4.69, 9.17) is 10.5 Å². The van der Waals surface area contributed by atoms with Gasteiger partial charge in [-0.1, -0.05) is 55.0 Å². The van der Waals surface area contributed by atoms with E-state index >= 15 is 0 Å². The van der Waals surface area contributed by atoms with E-state index in [1.54, 1.807) is 0 Å². The highest BCUT2D eigenvalue weighted by molar-refractivity contribution is 5.86. The second kappa shape index (κ2) is 13.2. The van der Waals surface area contributed by atoms with Crippen LogP contribution in [0.25, 0.3) is 0 Å². The molecular weight excluding hydrogens is 451 g/mol. The Balaban J connectivity index is 1.67. The minimum atomic E-state index is -4.58. The number of alkyl halides is 3. The predicted octanol–water partition coefficient (Wildman–Crippen LogP) is 3.70. The maximum absolute atomic E-state index is 13.2. The highest BCUT2D eigenvalue weighted by atomic mass is 19.4. The maximum atomic E-state index is 13.2. The minimum absolute atomic E-state index is 0.0726. The van der Waals surface area contributed by atoms with E-state index in [1.807, 2.05) is 30.3 Å². The Morgan fingerprint density at radius 2 is 1.62 bits per heavy atom. The lowest BCUT2D eigenvalue weighted by Crippen LogP contribution is -2.46. The number of benzene rings is 2. The van der Waals surface area contributed by atoms with Gasteiger partial charge in [-0.25, -0.2) is 4.79 Å². The molecule has 0 heterocycles. The van der Waals surface area contributed by atoms with Crippen molar-refractivity contribution in [3.63, 3.8) is 0 Å². The molecule has 184 valence electrons. The molecule has 0 saturated carbocycles. The third-order valence-electron chi connectivity index (χ3n) is 4.99. The van der Waals surface area contributed by atoms with Gasteiger partial charge in [-0.2, -0.15) is 13.2 Å². The number of nitrogens with two attached hydrogens (primary N) is 1. The summed E-state index contributed by atoms with van der Waals surface area (Å²) in [5.41, 5.74) is 5.17. The van der Waals surface area contributed by atoms with Gasteiger partial charge in [-0.05, 0) is 30.0 Å². The fraction of sp³-hybridized carbons (Fsp3) is 0.375. The summed E-state index contributed by atoms with van der Waals surface area (Å²) in [6.45, 7) is 0.536. The van der Waals surface area contributed by atoms with Crippen LogP contribution in [0.15, 0.2) is 54.6 Å². The third-order valence-corrected chi connectivity index (χ3v) is 4.99. The second-order valence-corrected chi connectivity index (χ2v) is 7.68. The molecule has 3 amide bonds. The molecule has 4 N–H and O–H groups in total. The Bertz CT molecular complexity index is 952. The first-order chi connectivity index (χ1) is 16.2. The summed E-state index contributed by atoms with van der Waals surface area (Å²) < 4.78 is 44.6. The van der Waals surface area contributed by atoms with Gasteiger partial charge in [0.1, 0.15) is 12.6 Å². The zero-order chi connectivity index (χ0) is 25.0. The van der Waals surface area contributed by atoms with Crippen molar-refractivity contribution in [2.45, 2.75) is 50.9 Å². The van der Waals surface area contributed by atoms with Crippen molar-refractivity contribution >= 4 is 17.9 Å². The lowest BCUT2D eigenvalue weighted by molar-refractivity contribution is -0.138. The normalized spacial score (nSPS) is 12.0. The Morgan fingerprint density at radius 3 is 2.29 bits per heavy atom. The first-order valence-corrected chi connectivity index (χ1v) is 10.8. The van der Waals surface area contributed by atoms with E-state index in [0.717, 1.165) is 11.6 Å². The second-order valence-electron chi connectivity index (χ2n) is 7.68. The van der Waals surface area contributed by atoms with Crippen molar-refractivity contribution in [2.75, 3.05) is 6.54 Å². The average molecular weight is 479 g/mol. The quantitative estimate of drug-likeness (QED) is 0.403. The standard InChI is InChI=1S/C24H28F3N3O4/c25-24(26,27)19-12-7-6-11-18(19)15-20(22(28)32)30-21(31)13-5-2-8-14-29-23(33)34-16-17-9-3-1-4-10-17/h1,3-4,6-7,9-12,20H,2,5,8,13-16H2,(H2,28,32)(H,29,33)(H,30,31)/t20-/m0/s1. The molecule has 0 radical (unpaired) electrons. The van der Waals surface area contributed by atoms with Crippen LogP contribution in [-0.4, -0.2) is 30.5 Å². The molecule has 34 heavy (non-hydrogen) atoms. The molecule has 0 aliphatic carbocycles. The van der Waals surface area contributed by atoms with Crippen LogP contribution >= 0.6 is 0 Å². The average Bonchev–Trinajstić information content (AvgIpc) is 2.79. The van der Waals surface area contributed by atoms with Crippen molar-refractivity contribution in [1.82, 2.24) is 10.6 Å². The summed E-state index contributed by atoms with van der Waals surface area (Å²) in [7, 11) is 0. The molecule has 7 nitrogen and oxygen atoms in total. The van der Waals surface area contributed by atoms with Crippen LogP contribution in [0.2, 0.25) is 0 Å². The molecule has 10 heteroatoms. The van der Waals surface area contributed by atoms with Crippen LogP contribution in [-0.2, 0) is 33.5 Å². The zero-order valence-corrected chi connectivity index (χ0v) is 18.6. The smallest absolute Gasteiger partial charge is 0.416 e. The summed E-state index contributed by atoms with van der Waals surface area (Å²) in [5.74, 6) is -1.40. The van der Waals surface area contributed by atoms with Crippen molar-refractivity contribution < 1.29 is 32.3 Å². The molecule has 2 aromatic carbocycles. The fourth-order valence-corrected chi connectivity index (χ4v) is 3.24. The van der Waals surface area contributed by atoms with Gasteiger partial charge in [0.15, 0.2) is 0 Å². The van der Waals surface area contributed by atoms with Crippen molar-refractivity contribution in [2.24, 2.45) is 5.73 Å². The first-order valence-electron chi connectivity index (χ1n) is 10.8. The van der Waals surface area contributed by atoms with Gasteiger partial charge >= 0.3 is 12.3 Å². The molecule has 0 fully saturated rings. The van der Waals surface area contributed by atoms with Crippen LogP contribution in [0.5, 0.6) is 0 Å². The number of primary amides is 1. The van der Waals surface area contributed by atoms with E-state index in [0.29, 0.717) is 25.8 Å². The predicted molar refractivity (Wildman–Crippen MR) is 119 cm³/mol. The summed E-state index contributed by atoms with van der Waals surface area (Å²) >= 11 is 0. The maximum Gasteiger partial charge on any atom is 0.416 e. The summed E-state index contributed by atoms with van der Waals surface area (Å²) in [6.07, 6.45) is -3.71. The SMILES string of the molecule is NC(=O)[C@H](Cc1ccccc1C(F)(F)F)NC(=O)CCCCCNC(=O)OCc1ccccc1. The summed E-state index contributed by atoms with van der Waals surface area (Å²) in [4.78, 5) is 35.5. The Kier molecular flexibility index (Phi) is 10.4. The van der Waals surface area contributed by atoms with E-state index in [-0.39, 0.29) is 25.0 Å². The van der Waals surface area contributed by atoms with Gasteiger partial charge < -0.3 is 21.1 Å². The highest BCUT2D eigenvalue weighted by Gasteiger charge is 2.34. The Labute approximate surface area is 195 Å². The molecule has 2 rings (SSSR count). The fourth-order valence-electron chi connectivity index (χ4n) is 3.24. The van der Waals surface area contributed by atoms with Crippen molar-refractivity contribution in [1.29, 1.82) is 0 Å². The van der Waals surface area contributed by atoms with Gasteiger partial charge in [-0.3, -0.25) is 9.59 Å². The Hall–Kier alpha value is -3.56. The number of hydrogen-bond donors (Lipinski definition) is 3. The molecule has 0 aliphatic rings. The van der Waals surface area contributed by atoms with Gasteiger partial charge in [0.25, 0.3) is 0 Å². The molecule has 0 spiro atoms. The molecule has 1 atom stereocenters. The van der Waals surface area contributed by atoms with Gasteiger partial charge in [0, 0.05) is 19.4 Å². The number of hydrogen-bond acceptors (Lipinski definition) is 4. The Morgan fingerprint density at radius 1 is 0.941 bits per heavy atom. The van der Waals surface area contributed by atoms with Crippen LogP contribution in [0.1, 0.15) is 42.4 Å². The monoisotopic (exact) mass is 479 g/mol. The molecule has 0 aliphatic heterocycles. The number of rotatable bonds is 12. The lowest BCUT2D eigenvalue weighted by atomic mass is 9.99. The number of amides is 3. The van der Waals surface area contributed by atoms with E-state index in [2.05, 4.69) is 10.6 Å². The third kappa shape index (κ3) is 9.51. The van der Waals surface area contributed by atoms with Crippen LogP contribution in [0.4, 0.5) is 18.0 Å². The molecular formula is C24H28F3N3O4. The van der Waals surface area contributed by atoms with Crippen molar-refractivity contribution in [3.8, 4) is 0 Å². The van der Waals surface area contributed by atoms with Gasteiger partial charge in [0.05, 0.1) is 5.56 Å². The topological polar surface area (TPSA) is 111 Å². The minimum Gasteiger partial charge on any atom is -0.445 e. The number of carbonyl (C=O) groups is 3. The van der Waals surface area contributed by atoms with Gasteiger partial charge in [-0.15, -0.1) is 0 Å². The molecule has 2 aromatic rings. The number of ether oxygens (including phenoxy) is 1. The van der Waals surface area contributed by atoms with E-state index < -0.39 is 35.7 Å². The summed E-state index contributed by atoms with van der Waals surface area (Å²) in [5, 5.41) is 5.03. The van der Waals surface area contributed by atoms with E-state index in [1.165, 1.54) is 18.2 Å². The highest BCUT2D eigenvalue weighted by Crippen LogP contribution is 2.32. The molecule has 0 aromatic heterocycles. The van der Waals surface area contributed by atoms with Gasteiger partial charge in [0.2, 0.25) is 11.8 Å². The largest absolute Gasteiger partial charge is 0.445 e. The summed E-state index contributed by atoms with van der Waals surface area (Å²) in [6, 6.07) is 12.8. The number of unbranched alkanes of at least 4 members (excludes halogenated alkanes) is 2. The molecule has 0 bridgehead atoms. The number of alkyl carbamates (subject to hydrolysis) is 1. The number of nitrogens with one attached hydrogen (secondary N) is 2. The van der Waals surface area contributed by atoms with Crippen molar-refractivity contribution in [3.05, 3.63) is 71.3 Å². The van der Waals surface area contributed by atoms with Crippen LogP contribution in [0.3, 0.4) is 0 Å². The van der Waals surface area contributed by atoms with Crippen LogP contribution < -0.4 is 16.4 Å². The van der Waals surface area contributed by atoms with Crippen LogP contribution in [0, 0.1) is 0 Å².